The molecule has 0 radical (unpaired) electrons. The third-order valence-corrected chi connectivity index (χ3v) is 14.8. The first-order chi connectivity index (χ1) is 31.3. The molecule has 3 nitrogen and oxygen atoms in total. The summed E-state index contributed by atoms with van der Waals surface area (Å²) in [5.74, 6) is 0. The van der Waals surface area contributed by atoms with Gasteiger partial charge in [-0.05, 0) is 111 Å². The average Bonchev–Trinajstić information content (AvgIpc) is 3.89. The Morgan fingerprint density at radius 3 is 1.97 bits per heavy atom. The molecule has 2 aromatic heterocycles. The molecular formula is C59H36N2OS. The molecule has 1 unspecified atom stereocenters. The monoisotopic (exact) mass is 820 g/mol. The molecular weight excluding hydrogens is 785 g/mol. The van der Waals surface area contributed by atoms with E-state index < -0.39 is 5.41 Å². The van der Waals surface area contributed by atoms with Crippen molar-refractivity contribution in [2.75, 3.05) is 4.90 Å². The molecule has 1 atom stereocenters. The molecule has 10 aromatic carbocycles. The summed E-state index contributed by atoms with van der Waals surface area (Å²) >= 11 is 1.89. The number of fused-ring (bicyclic) bond motifs is 14. The number of furan rings is 1. The van der Waals surface area contributed by atoms with Crippen molar-refractivity contribution >= 4 is 83.3 Å². The van der Waals surface area contributed by atoms with Crippen molar-refractivity contribution in [2.45, 2.75) is 15.2 Å². The lowest BCUT2D eigenvalue weighted by Gasteiger charge is -2.46. The van der Waals surface area contributed by atoms with Crippen LogP contribution in [0, 0.1) is 0 Å². The van der Waals surface area contributed by atoms with Crippen LogP contribution in [0.2, 0.25) is 0 Å². The van der Waals surface area contributed by atoms with E-state index in [-0.39, 0.29) is 0 Å². The van der Waals surface area contributed by atoms with Gasteiger partial charge in [-0.15, -0.1) is 0 Å². The molecule has 2 aliphatic rings. The number of rotatable bonds is 4. The van der Waals surface area contributed by atoms with Crippen molar-refractivity contribution in [3.8, 4) is 16.8 Å². The zero-order chi connectivity index (χ0) is 41.2. The van der Waals surface area contributed by atoms with E-state index in [4.69, 9.17) is 4.42 Å². The van der Waals surface area contributed by atoms with Crippen LogP contribution in [0.4, 0.5) is 17.1 Å². The molecule has 0 saturated carbocycles. The first kappa shape index (κ1) is 34.9. The lowest BCUT2D eigenvalue weighted by molar-refractivity contribution is 0.669. The maximum atomic E-state index is 6.43. The van der Waals surface area contributed by atoms with E-state index in [1.165, 1.54) is 64.7 Å². The zero-order valence-electron chi connectivity index (χ0n) is 34.0. The summed E-state index contributed by atoms with van der Waals surface area (Å²) in [6, 6.07) is 80.4. The minimum absolute atomic E-state index is 0.504. The van der Waals surface area contributed by atoms with E-state index in [0.29, 0.717) is 0 Å². The molecule has 1 aliphatic heterocycles. The van der Waals surface area contributed by atoms with Gasteiger partial charge in [0.15, 0.2) is 0 Å². The highest BCUT2D eigenvalue weighted by Crippen LogP contribution is 2.61. The van der Waals surface area contributed by atoms with Crippen LogP contribution < -0.4 is 4.90 Å². The molecule has 1 aliphatic carbocycles. The molecule has 4 heteroatoms. The van der Waals surface area contributed by atoms with Crippen LogP contribution in [0.15, 0.2) is 233 Å². The van der Waals surface area contributed by atoms with Crippen molar-refractivity contribution < 1.29 is 4.42 Å². The zero-order valence-corrected chi connectivity index (χ0v) is 34.8. The summed E-state index contributed by atoms with van der Waals surface area (Å²) in [7, 11) is 0. The van der Waals surface area contributed by atoms with Gasteiger partial charge in [0.05, 0.1) is 27.5 Å². The van der Waals surface area contributed by atoms with Crippen molar-refractivity contribution in [2.24, 2.45) is 0 Å². The third kappa shape index (κ3) is 4.76. The summed E-state index contributed by atoms with van der Waals surface area (Å²) in [5, 5.41) is 7.26. The summed E-state index contributed by atoms with van der Waals surface area (Å²) in [4.78, 5) is 4.97. The number of para-hydroxylation sites is 3. The third-order valence-electron chi connectivity index (χ3n) is 13.6. The number of nitrogens with zero attached hydrogens (tertiary/aromatic N) is 2. The largest absolute Gasteiger partial charge is 0.456 e. The van der Waals surface area contributed by atoms with Gasteiger partial charge < -0.3 is 13.9 Å². The second-order valence-corrected chi connectivity index (χ2v) is 17.8. The molecule has 0 saturated heterocycles. The Kier molecular flexibility index (Phi) is 7.26. The van der Waals surface area contributed by atoms with E-state index in [1.54, 1.807) is 0 Å². The molecule has 0 amide bonds. The van der Waals surface area contributed by atoms with Gasteiger partial charge in [-0.1, -0.05) is 163 Å². The average molecular weight is 821 g/mol. The fraction of sp³-hybridized carbons (Fsp3) is 0.0169. The van der Waals surface area contributed by atoms with Crippen LogP contribution in [0.1, 0.15) is 22.3 Å². The van der Waals surface area contributed by atoms with Gasteiger partial charge in [0.1, 0.15) is 11.2 Å². The van der Waals surface area contributed by atoms with E-state index in [9.17, 15) is 0 Å². The normalized spacial score (nSPS) is 15.0. The second-order valence-electron chi connectivity index (χ2n) is 16.8. The maximum Gasteiger partial charge on any atom is 0.137 e. The van der Waals surface area contributed by atoms with E-state index in [0.717, 1.165) is 55.7 Å². The van der Waals surface area contributed by atoms with Crippen molar-refractivity contribution in [1.82, 2.24) is 4.57 Å². The fourth-order valence-corrected chi connectivity index (χ4v) is 12.4. The first-order valence-electron chi connectivity index (χ1n) is 21.6. The van der Waals surface area contributed by atoms with Crippen LogP contribution in [-0.2, 0) is 5.41 Å². The summed E-state index contributed by atoms with van der Waals surface area (Å²) in [6.07, 6.45) is 0. The van der Waals surface area contributed by atoms with Gasteiger partial charge in [-0.25, -0.2) is 0 Å². The van der Waals surface area contributed by atoms with Gasteiger partial charge in [0.2, 0.25) is 0 Å². The Balaban J connectivity index is 1.02. The Bertz CT molecular complexity index is 3860. The highest BCUT2D eigenvalue weighted by Gasteiger charge is 2.48. The molecule has 3 heterocycles. The molecule has 14 rings (SSSR count). The highest BCUT2D eigenvalue weighted by atomic mass is 32.2. The Labute approximate surface area is 368 Å². The molecule has 294 valence electrons. The lowest BCUT2D eigenvalue weighted by Crippen LogP contribution is -2.36. The van der Waals surface area contributed by atoms with Crippen LogP contribution in [-0.4, -0.2) is 4.57 Å². The summed E-state index contributed by atoms with van der Waals surface area (Å²) < 4.78 is 8.87. The van der Waals surface area contributed by atoms with Crippen molar-refractivity contribution in [3.63, 3.8) is 0 Å². The number of hydrogen-bond acceptors (Lipinski definition) is 3. The van der Waals surface area contributed by atoms with Gasteiger partial charge in [0, 0.05) is 43.0 Å². The van der Waals surface area contributed by atoms with Gasteiger partial charge in [-0.3, -0.25) is 0 Å². The Morgan fingerprint density at radius 2 is 1.05 bits per heavy atom. The molecule has 12 aromatic rings. The van der Waals surface area contributed by atoms with Gasteiger partial charge in [-0.2, -0.15) is 0 Å². The van der Waals surface area contributed by atoms with E-state index in [1.807, 2.05) is 17.8 Å². The SMILES string of the molecule is c1ccc(N(c2ccc3c(c2)Sc2ccccc2C32c3ccccc3-c3cccc4cccc2c34)c2ccc3c4ccccc4n(-c4cccc5oc6ccccc6c45)c3c2)cc1. The molecule has 63 heavy (non-hydrogen) atoms. The number of anilines is 3. The number of aromatic nitrogens is 1. The van der Waals surface area contributed by atoms with Crippen LogP contribution in [0.5, 0.6) is 0 Å². The molecule has 1 spiro atoms. The topological polar surface area (TPSA) is 21.3 Å². The van der Waals surface area contributed by atoms with Crippen LogP contribution >= 0.6 is 11.8 Å². The molecule has 0 bridgehead atoms. The standard InChI is InChI=1S/C59H36N2OS/c1-2-17-38(18-3-1)60(39-31-33-43-42-20-5-9-26-50(42)61(52(43)35-39)51-27-14-29-54-58(51)45-21-6-10-28-53(45)62-54)40-32-34-48-56(36-40)63-55-30-11-8-24-47(55)59(48)46-23-7-4-19-41(46)44-22-12-15-37-16-13-25-49(59)57(37)44/h1-36H. The summed E-state index contributed by atoms with van der Waals surface area (Å²) in [6.45, 7) is 0. The van der Waals surface area contributed by atoms with Crippen LogP contribution in [0.25, 0.3) is 71.3 Å². The number of benzene rings is 10. The fourth-order valence-electron chi connectivity index (χ4n) is 11.1. The lowest BCUT2D eigenvalue weighted by atomic mass is 9.59. The second kappa shape index (κ2) is 13.1. The minimum Gasteiger partial charge on any atom is -0.456 e. The Morgan fingerprint density at radius 1 is 0.397 bits per heavy atom. The minimum atomic E-state index is -0.504. The number of hydrogen-bond donors (Lipinski definition) is 0. The Hall–Kier alpha value is -7.79. The quantitative estimate of drug-likeness (QED) is 0.176. The van der Waals surface area contributed by atoms with E-state index >= 15 is 0 Å². The predicted molar refractivity (Wildman–Crippen MR) is 262 cm³/mol. The van der Waals surface area contributed by atoms with Crippen molar-refractivity contribution in [3.05, 3.63) is 241 Å². The molecule has 0 N–H and O–H groups in total. The smallest absolute Gasteiger partial charge is 0.137 e. The maximum absolute atomic E-state index is 6.43. The first-order valence-corrected chi connectivity index (χ1v) is 22.4. The van der Waals surface area contributed by atoms with Crippen molar-refractivity contribution in [1.29, 1.82) is 0 Å². The van der Waals surface area contributed by atoms with Gasteiger partial charge >= 0.3 is 0 Å². The van der Waals surface area contributed by atoms with Gasteiger partial charge in [0.25, 0.3) is 0 Å². The summed E-state index contributed by atoms with van der Waals surface area (Å²) in [5.41, 5.74) is 15.9. The van der Waals surface area contributed by atoms with Crippen LogP contribution in [0.3, 0.4) is 0 Å². The van der Waals surface area contributed by atoms with E-state index in [2.05, 4.69) is 222 Å². The highest BCUT2D eigenvalue weighted by molar-refractivity contribution is 7.99. The molecule has 0 fully saturated rings. The predicted octanol–water partition coefficient (Wildman–Crippen LogP) is 16.1.